The Labute approximate surface area is 66.2 Å². The van der Waals surface area contributed by atoms with Gasteiger partial charge in [-0.1, -0.05) is 12.1 Å². The monoisotopic (exact) mass is 152 g/mol. The minimum Gasteiger partial charge on any atom is -0.258 e. The Kier molecular flexibility index (Phi) is 1.55. The van der Waals surface area contributed by atoms with E-state index in [-0.39, 0.29) is 12.6 Å². The van der Waals surface area contributed by atoms with Gasteiger partial charge < -0.3 is 0 Å². The van der Waals surface area contributed by atoms with Crippen LogP contribution in [0.5, 0.6) is 0 Å². The Morgan fingerprint density at radius 2 is 2.36 bits per heavy atom. The van der Waals surface area contributed by atoms with Crippen molar-refractivity contribution in [3.63, 3.8) is 0 Å². The molecule has 0 N–H and O–H groups in total. The number of hydrogen-bond donors (Lipinski definition) is 0. The van der Waals surface area contributed by atoms with Gasteiger partial charge >= 0.3 is 0 Å². The van der Waals surface area contributed by atoms with E-state index < -0.39 is 4.92 Å². The van der Waals surface area contributed by atoms with Crippen molar-refractivity contribution in [3.05, 3.63) is 39.4 Å². The van der Waals surface area contributed by atoms with Gasteiger partial charge in [-0.25, -0.2) is 0 Å². The zero-order chi connectivity index (χ0) is 9.14. The van der Waals surface area contributed by atoms with Crippen LogP contribution in [0.4, 0.5) is 5.69 Å². The molecule has 0 atom stereocenters. The molecule has 0 unspecified atom stereocenters. The highest BCUT2D eigenvalue weighted by Crippen LogP contribution is 2.18. The molecule has 1 aromatic rings. The third-order valence-corrected chi connectivity index (χ3v) is 1.47. The highest BCUT2D eigenvalue weighted by Gasteiger charge is 2.08. The average molecular weight is 152 g/mol. The van der Waals surface area contributed by atoms with E-state index in [2.05, 4.69) is 0 Å². The Bertz CT molecular complexity index is 312. The number of benzene rings is 1. The fourth-order valence-electron chi connectivity index (χ4n) is 0.852. The molecule has 11 heavy (non-hydrogen) atoms. The van der Waals surface area contributed by atoms with Crippen molar-refractivity contribution < 1.29 is 6.29 Å². The predicted molar refractivity (Wildman–Crippen MR) is 42.6 cm³/mol. The molecule has 0 aliphatic rings. The predicted octanol–water partition coefficient (Wildman–Crippen LogP) is 2.21. The second kappa shape index (κ2) is 2.70. The van der Waals surface area contributed by atoms with E-state index in [1.807, 2.05) is 0 Å². The lowest BCUT2D eigenvalue weighted by Crippen LogP contribution is -1.91. The molecular formula is C8H9NO2. The third kappa shape index (κ3) is 1.55. The number of rotatable bonds is 1. The van der Waals surface area contributed by atoms with Crippen molar-refractivity contribution in [3.8, 4) is 0 Å². The van der Waals surface area contributed by atoms with Crippen molar-refractivity contribution in [2.75, 3.05) is 0 Å². The minimum absolute atomic E-state index is 0.0844. The molecule has 0 aromatic heterocycles. The van der Waals surface area contributed by atoms with E-state index in [9.17, 15) is 10.1 Å². The van der Waals surface area contributed by atoms with Gasteiger partial charge in [0.25, 0.3) is 5.69 Å². The second-order valence-corrected chi connectivity index (χ2v) is 2.38. The molecule has 0 aliphatic carbocycles. The first-order valence-corrected chi connectivity index (χ1v) is 3.18. The van der Waals surface area contributed by atoms with Gasteiger partial charge in [0, 0.05) is 13.0 Å². The first-order chi connectivity index (χ1) is 5.65. The Balaban J connectivity index is 3.17. The summed E-state index contributed by atoms with van der Waals surface area (Å²) in [5.41, 5.74) is 1.41. The van der Waals surface area contributed by atoms with Crippen LogP contribution in [0, 0.1) is 23.9 Å². The van der Waals surface area contributed by atoms with Crippen molar-refractivity contribution in [1.82, 2.24) is 0 Å². The summed E-state index contributed by atoms with van der Waals surface area (Å²) >= 11 is 0. The average Bonchev–Trinajstić information content (AvgIpc) is 2.05. The van der Waals surface area contributed by atoms with Crippen molar-refractivity contribution in [2.45, 2.75) is 13.8 Å². The van der Waals surface area contributed by atoms with Crippen molar-refractivity contribution in [1.29, 1.82) is 0 Å². The zero-order valence-corrected chi connectivity index (χ0v) is 6.20. The zero-order valence-electron chi connectivity index (χ0n) is 7.20. The molecule has 0 fully saturated rings. The van der Waals surface area contributed by atoms with Crippen molar-refractivity contribution in [2.24, 2.45) is 0 Å². The third-order valence-electron chi connectivity index (χ3n) is 1.47. The standard InChI is InChI=1S/C8H9NO2/c1-6-3-4-7(2)8(5-6)9(10)11/h3-5H,1-2H3/i1D. The van der Waals surface area contributed by atoms with Crippen LogP contribution >= 0.6 is 0 Å². The summed E-state index contributed by atoms with van der Waals surface area (Å²) in [7, 11) is 0. The van der Waals surface area contributed by atoms with Gasteiger partial charge in [0.15, 0.2) is 0 Å². The maximum absolute atomic E-state index is 10.4. The molecule has 58 valence electrons. The number of nitro benzene ring substituents is 1. The highest BCUT2D eigenvalue weighted by atomic mass is 16.6. The minimum atomic E-state index is -0.422. The van der Waals surface area contributed by atoms with Crippen LogP contribution in [0.1, 0.15) is 12.5 Å². The maximum atomic E-state index is 10.4. The summed E-state index contributed by atoms with van der Waals surface area (Å²) in [5, 5.41) is 10.4. The Morgan fingerprint density at radius 3 is 2.91 bits per heavy atom. The molecule has 0 saturated heterocycles. The van der Waals surface area contributed by atoms with Crippen LogP contribution in [0.3, 0.4) is 0 Å². The highest BCUT2D eigenvalue weighted by molar-refractivity contribution is 5.41. The van der Waals surface area contributed by atoms with Crippen LogP contribution in [-0.4, -0.2) is 4.92 Å². The van der Waals surface area contributed by atoms with Crippen LogP contribution in [-0.2, 0) is 0 Å². The fourth-order valence-corrected chi connectivity index (χ4v) is 0.852. The molecule has 0 amide bonds. The van der Waals surface area contributed by atoms with E-state index in [0.29, 0.717) is 11.1 Å². The SMILES string of the molecule is [2H]Cc1ccc(C)c([N+](=O)[O-])c1. The van der Waals surface area contributed by atoms with E-state index in [1.54, 1.807) is 19.1 Å². The number of nitro groups is 1. The molecule has 0 spiro atoms. The normalized spacial score (nSPS) is 10.8. The van der Waals surface area contributed by atoms with Crippen LogP contribution in [0.15, 0.2) is 18.2 Å². The topological polar surface area (TPSA) is 43.1 Å². The van der Waals surface area contributed by atoms with Crippen LogP contribution in [0.2, 0.25) is 0 Å². The second-order valence-electron chi connectivity index (χ2n) is 2.38. The summed E-state index contributed by atoms with van der Waals surface area (Å²) in [6.45, 7) is 1.77. The summed E-state index contributed by atoms with van der Waals surface area (Å²) in [6.07, 6.45) is 0. The lowest BCUT2D eigenvalue weighted by molar-refractivity contribution is -0.385. The Hall–Kier alpha value is -1.38. The summed E-state index contributed by atoms with van der Waals surface area (Å²) in [4.78, 5) is 10.0. The first-order valence-electron chi connectivity index (χ1n) is 3.89. The molecule has 3 heteroatoms. The van der Waals surface area contributed by atoms with Gasteiger partial charge in [-0.05, 0) is 19.4 Å². The van der Waals surface area contributed by atoms with Gasteiger partial charge in [-0.15, -0.1) is 0 Å². The van der Waals surface area contributed by atoms with E-state index >= 15 is 0 Å². The van der Waals surface area contributed by atoms with Gasteiger partial charge in [-0.2, -0.15) is 0 Å². The number of nitrogens with zero attached hydrogens (tertiary/aromatic N) is 1. The summed E-state index contributed by atoms with van der Waals surface area (Å²) in [5.74, 6) is 0. The van der Waals surface area contributed by atoms with E-state index in [1.165, 1.54) is 6.07 Å². The molecule has 0 aliphatic heterocycles. The molecule has 1 rings (SSSR count). The Morgan fingerprint density at radius 1 is 1.64 bits per heavy atom. The lowest BCUT2D eigenvalue weighted by Gasteiger charge is -1.96. The molecular weight excluding hydrogens is 142 g/mol. The van der Waals surface area contributed by atoms with E-state index in [4.69, 9.17) is 1.37 Å². The first kappa shape index (κ1) is 6.34. The molecule has 0 bridgehead atoms. The van der Waals surface area contributed by atoms with Gasteiger partial charge in [-0.3, -0.25) is 10.1 Å². The largest absolute Gasteiger partial charge is 0.272 e. The smallest absolute Gasteiger partial charge is 0.258 e. The fraction of sp³-hybridized carbons (Fsp3) is 0.250. The van der Waals surface area contributed by atoms with Crippen LogP contribution < -0.4 is 0 Å². The summed E-state index contributed by atoms with van der Waals surface area (Å²) in [6, 6.07) is 4.85. The van der Waals surface area contributed by atoms with Gasteiger partial charge in [0.05, 0.1) is 4.92 Å². The number of hydrogen-bond acceptors (Lipinski definition) is 2. The molecule has 0 radical (unpaired) electrons. The van der Waals surface area contributed by atoms with Gasteiger partial charge in [0.2, 0.25) is 0 Å². The van der Waals surface area contributed by atoms with Gasteiger partial charge in [0.1, 0.15) is 0 Å². The van der Waals surface area contributed by atoms with E-state index in [0.717, 1.165) is 0 Å². The quantitative estimate of drug-likeness (QED) is 0.457. The lowest BCUT2D eigenvalue weighted by atomic mass is 10.1. The van der Waals surface area contributed by atoms with Crippen LogP contribution in [0.25, 0.3) is 0 Å². The van der Waals surface area contributed by atoms with Crippen molar-refractivity contribution >= 4 is 5.69 Å². The molecule has 1 aromatic carbocycles. The summed E-state index contributed by atoms with van der Waals surface area (Å²) < 4.78 is 7.03. The number of aryl methyl sites for hydroxylation is 2. The molecule has 0 saturated carbocycles. The molecule has 0 heterocycles. The maximum Gasteiger partial charge on any atom is 0.272 e. The molecule has 3 nitrogen and oxygen atoms in total.